The van der Waals surface area contributed by atoms with E-state index in [1.165, 1.54) is 12.8 Å². The fourth-order valence-electron chi connectivity index (χ4n) is 1.90. The maximum atomic E-state index is 11.6. The van der Waals surface area contributed by atoms with Crippen molar-refractivity contribution in [1.82, 2.24) is 15.6 Å². The van der Waals surface area contributed by atoms with Gasteiger partial charge in [0.05, 0.1) is 0 Å². The number of amides is 1. The first kappa shape index (κ1) is 10.2. The number of nitrogens with one attached hydrogen (secondary N) is 3. The van der Waals surface area contributed by atoms with E-state index < -0.39 is 0 Å². The van der Waals surface area contributed by atoms with Gasteiger partial charge in [0.25, 0.3) is 5.91 Å². The van der Waals surface area contributed by atoms with Gasteiger partial charge in [-0.3, -0.25) is 4.79 Å². The fourth-order valence-corrected chi connectivity index (χ4v) is 1.90. The Hall–Kier alpha value is -1.29. The van der Waals surface area contributed by atoms with Crippen LogP contribution in [0, 0.1) is 5.92 Å². The van der Waals surface area contributed by atoms with Crippen molar-refractivity contribution in [2.45, 2.75) is 12.8 Å². The molecule has 0 saturated carbocycles. The Bertz CT molecular complexity index is 302. The first-order valence-electron chi connectivity index (χ1n) is 5.48. The molecule has 3 N–H and O–H groups in total. The van der Waals surface area contributed by atoms with Gasteiger partial charge < -0.3 is 15.6 Å². The molecule has 1 aliphatic heterocycles. The number of hydrogen-bond acceptors (Lipinski definition) is 2. The van der Waals surface area contributed by atoms with Crippen LogP contribution in [0.25, 0.3) is 0 Å². The molecule has 1 fully saturated rings. The summed E-state index contributed by atoms with van der Waals surface area (Å²) in [6.45, 7) is 2.90. The highest BCUT2D eigenvalue weighted by molar-refractivity contribution is 5.92. The molecule has 15 heavy (non-hydrogen) atoms. The molecule has 1 aliphatic rings. The van der Waals surface area contributed by atoms with E-state index in [0.29, 0.717) is 11.6 Å². The zero-order valence-electron chi connectivity index (χ0n) is 8.75. The number of hydrogen-bond donors (Lipinski definition) is 3. The minimum absolute atomic E-state index is 0.00873. The van der Waals surface area contributed by atoms with Crippen molar-refractivity contribution < 1.29 is 4.79 Å². The predicted octanol–water partition coefficient (Wildman–Crippen LogP) is 0.744. The summed E-state index contributed by atoms with van der Waals surface area (Å²) in [6.07, 6.45) is 4.18. The predicted molar refractivity (Wildman–Crippen MR) is 58.7 cm³/mol. The number of H-pyrrole nitrogens is 1. The topological polar surface area (TPSA) is 56.9 Å². The van der Waals surface area contributed by atoms with Crippen molar-refractivity contribution in [2.75, 3.05) is 19.6 Å². The summed E-state index contributed by atoms with van der Waals surface area (Å²) in [5.74, 6) is 0.572. The standard InChI is InChI=1S/C11H17N3O/c15-11(10-4-2-6-13-10)14-8-9-3-1-5-12-7-9/h2,4,6,9,12-13H,1,3,5,7-8H2,(H,14,15). The van der Waals surface area contributed by atoms with Gasteiger partial charge in [-0.15, -0.1) is 0 Å². The lowest BCUT2D eigenvalue weighted by Gasteiger charge is -2.22. The number of rotatable bonds is 3. The van der Waals surface area contributed by atoms with E-state index in [1.807, 2.05) is 6.07 Å². The molecular weight excluding hydrogens is 190 g/mol. The highest BCUT2D eigenvalue weighted by atomic mass is 16.1. The molecule has 0 radical (unpaired) electrons. The number of carbonyl (C=O) groups is 1. The molecular formula is C11H17N3O. The average Bonchev–Trinajstić information content (AvgIpc) is 2.81. The van der Waals surface area contributed by atoms with Crippen molar-refractivity contribution in [3.63, 3.8) is 0 Å². The van der Waals surface area contributed by atoms with Gasteiger partial charge in [-0.05, 0) is 44.0 Å². The lowest BCUT2D eigenvalue weighted by molar-refractivity contribution is 0.0940. The van der Waals surface area contributed by atoms with Gasteiger partial charge in [-0.25, -0.2) is 0 Å². The van der Waals surface area contributed by atoms with Gasteiger partial charge >= 0.3 is 0 Å². The maximum Gasteiger partial charge on any atom is 0.267 e. The Balaban J connectivity index is 1.75. The third kappa shape index (κ3) is 2.83. The molecule has 1 unspecified atom stereocenters. The van der Waals surface area contributed by atoms with Crippen LogP contribution in [0.5, 0.6) is 0 Å². The lowest BCUT2D eigenvalue weighted by atomic mass is 10.00. The molecule has 0 aliphatic carbocycles. The van der Waals surface area contributed by atoms with Crippen LogP contribution < -0.4 is 10.6 Å². The molecule has 2 rings (SSSR count). The van der Waals surface area contributed by atoms with Crippen LogP contribution in [-0.4, -0.2) is 30.5 Å². The second kappa shape index (κ2) is 4.98. The van der Waals surface area contributed by atoms with E-state index in [9.17, 15) is 4.79 Å². The number of aromatic nitrogens is 1. The van der Waals surface area contributed by atoms with Gasteiger partial charge in [0.2, 0.25) is 0 Å². The van der Waals surface area contributed by atoms with Gasteiger partial charge in [0.1, 0.15) is 5.69 Å². The van der Waals surface area contributed by atoms with Crippen molar-refractivity contribution >= 4 is 5.91 Å². The summed E-state index contributed by atoms with van der Waals surface area (Å²) < 4.78 is 0. The van der Waals surface area contributed by atoms with Crippen LogP contribution in [0.4, 0.5) is 0 Å². The molecule has 1 aromatic heterocycles. The summed E-state index contributed by atoms with van der Waals surface area (Å²) in [6, 6.07) is 3.62. The zero-order chi connectivity index (χ0) is 10.5. The summed E-state index contributed by atoms with van der Waals surface area (Å²) in [4.78, 5) is 14.5. The van der Waals surface area contributed by atoms with Crippen molar-refractivity contribution in [3.05, 3.63) is 24.0 Å². The highest BCUT2D eigenvalue weighted by Crippen LogP contribution is 2.08. The summed E-state index contributed by atoms with van der Waals surface area (Å²) in [5.41, 5.74) is 0.638. The van der Waals surface area contributed by atoms with Crippen molar-refractivity contribution in [3.8, 4) is 0 Å². The van der Waals surface area contributed by atoms with Gasteiger partial charge in [-0.1, -0.05) is 0 Å². The van der Waals surface area contributed by atoms with E-state index in [1.54, 1.807) is 12.3 Å². The largest absolute Gasteiger partial charge is 0.357 e. The second-order valence-corrected chi connectivity index (χ2v) is 4.01. The zero-order valence-corrected chi connectivity index (χ0v) is 8.75. The van der Waals surface area contributed by atoms with Gasteiger partial charge in [0.15, 0.2) is 0 Å². The van der Waals surface area contributed by atoms with Crippen LogP contribution in [0.15, 0.2) is 18.3 Å². The quantitative estimate of drug-likeness (QED) is 0.685. The van der Waals surface area contributed by atoms with Crippen LogP contribution in [0.3, 0.4) is 0 Å². The Labute approximate surface area is 89.5 Å². The van der Waals surface area contributed by atoms with E-state index in [-0.39, 0.29) is 5.91 Å². The molecule has 82 valence electrons. The molecule has 0 spiro atoms. The van der Waals surface area contributed by atoms with Gasteiger partial charge in [0, 0.05) is 12.7 Å². The highest BCUT2D eigenvalue weighted by Gasteiger charge is 2.14. The Morgan fingerprint density at radius 3 is 3.20 bits per heavy atom. The molecule has 0 bridgehead atoms. The molecule has 1 aromatic rings. The van der Waals surface area contributed by atoms with Crippen LogP contribution in [0.1, 0.15) is 23.3 Å². The first-order chi connectivity index (χ1) is 7.36. The third-order valence-corrected chi connectivity index (χ3v) is 2.79. The third-order valence-electron chi connectivity index (χ3n) is 2.79. The second-order valence-electron chi connectivity index (χ2n) is 4.01. The van der Waals surface area contributed by atoms with E-state index in [2.05, 4.69) is 15.6 Å². The van der Waals surface area contributed by atoms with Crippen molar-refractivity contribution in [1.29, 1.82) is 0 Å². The molecule has 1 atom stereocenters. The summed E-state index contributed by atoms with van der Waals surface area (Å²) in [5, 5.41) is 6.28. The van der Waals surface area contributed by atoms with E-state index in [4.69, 9.17) is 0 Å². The van der Waals surface area contributed by atoms with E-state index >= 15 is 0 Å². The molecule has 4 nitrogen and oxygen atoms in total. The molecule has 4 heteroatoms. The minimum Gasteiger partial charge on any atom is -0.357 e. The Morgan fingerprint density at radius 1 is 1.60 bits per heavy atom. The number of aromatic amines is 1. The van der Waals surface area contributed by atoms with Gasteiger partial charge in [-0.2, -0.15) is 0 Å². The minimum atomic E-state index is -0.00873. The normalized spacial score (nSPS) is 21.2. The summed E-state index contributed by atoms with van der Waals surface area (Å²) in [7, 11) is 0. The van der Waals surface area contributed by atoms with E-state index in [0.717, 1.165) is 19.6 Å². The van der Waals surface area contributed by atoms with Crippen molar-refractivity contribution in [2.24, 2.45) is 5.92 Å². The molecule has 0 aromatic carbocycles. The molecule has 2 heterocycles. The SMILES string of the molecule is O=C(NCC1CCCNC1)c1ccc[nH]1. The molecule has 1 saturated heterocycles. The molecule has 1 amide bonds. The van der Waals surface area contributed by atoms with Crippen LogP contribution in [0.2, 0.25) is 0 Å². The Morgan fingerprint density at radius 2 is 2.53 bits per heavy atom. The van der Waals surface area contributed by atoms with Crippen LogP contribution >= 0.6 is 0 Å². The van der Waals surface area contributed by atoms with Crippen LogP contribution in [-0.2, 0) is 0 Å². The summed E-state index contributed by atoms with van der Waals surface area (Å²) >= 11 is 0. The average molecular weight is 207 g/mol. The number of carbonyl (C=O) groups excluding carboxylic acids is 1. The monoisotopic (exact) mass is 207 g/mol. The number of piperidine rings is 1. The fraction of sp³-hybridized carbons (Fsp3) is 0.545. The lowest BCUT2D eigenvalue weighted by Crippen LogP contribution is -2.38. The first-order valence-corrected chi connectivity index (χ1v) is 5.48. The smallest absolute Gasteiger partial charge is 0.267 e. The Kier molecular flexibility index (Phi) is 3.40. The maximum absolute atomic E-state index is 11.6.